The van der Waals surface area contributed by atoms with Crippen LogP contribution in [0.25, 0.3) is 10.9 Å². The number of aromatic nitrogens is 1. The summed E-state index contributed by atoms with van der Waals surface area (Å²) in [4.78, 5) is 22.5. The third kappa shape index (κ3) is 3.21. The van der Waals surface area contributed by atoms with Gasteiger partial charge in [0, 0.05) is 38.0 Å². The molecule has 1 aromatic heterocycles. The zero-order valence-electron chi connectivity index (χ0n) is 17.2. The Morgan fingerprint density at radius 1 is 0.897 bits per heavy atom. The molecular weight excluding hydrogens is 358 g/mol. The van der Waals surface area contributed by atoms with Gasteiger partial charge in [-0.3, -0.25) is 4.79 Å². The first-order valence-corrected chi connectivity index (χ1v) is 11.5. The van der Waals surface area contributed by atoms with Crippen LogP contribution in [0, 0.1) is 23.2 Å². The Bertz CT molecular complexity index is 895. The predicted molar refractivity (Wildman–Crippen MR) is 116 cm³/mol. The average molecular weight is 390 g/mol. The highest BCUT2D eigenvalue weighted by molar-refractivity contribution is 5.80. The quantitative estimate of drug-likeness (QED) is 0.776. The van der Waals surface area contributed by atoms with E-state index in [1.165, 1.54) is 43.9 Å². The standard InChI is InChI=1S/C25H31N3O/c29-24(17-25-14-18-11-19(15-25)13-20(12-18)16-25)28-9-7-27(8-10-28)23-6-5-21-3-1-2-4-22(21)26-23/h1-6,18-20H,7-17H2. The van der Waals surface area contributed by atoms with Gasteiger partial charge in [-0.1, -0.05) is 18.2 Å². The highest BCUT2D eigenvalue weighted by Gasteiger charge is 2.51. The van der Waals surface area contributed by atoms with Crippen LogP contribution in [-0.4, -0.2) is 42.0 Å². The van der Waals surface area contributed by atoms with E-state index in [0.29, 0.717) is 11.3 Å². The van der Waals surface area contributed by atoms with Crippen molar-refractivity contribution in [2.24, 2.45) is 23.2 Å². The monoisotopic (exact) mass is 389 g/mol. The molecule has 4 heteroatoms. The summed E-state index contributed by atoms with van der Waals surface area (Å²) in [5, 5.41) is 1.18. The van der Waals surface area contributed by atoms with Gasteiger partial charge >= 0.3 is 0 Å². The Balaban J connectivity index is 1.10. The van der Waals surface area contributed by atoms with Crippen molar-refractivity contribution in [2.45, 2.75) is 44.9 Å². The van der Waals surface area contributed by atoms with Crippen LogP contribution >= 0.6 is 0 Å². The van der Waals surface area contributed by atoms with E-state index in [0.717, 1.165) is 61.7 Å². The number of anilines is 1. The summed E-state index contributed by atoms with van der Waals surface area (Å²) < 4.78 is 0. The molecule has 29 heavy (non-hydrogen) atoms. The minimum Gasteiger partial charge on any atom is -0.353 e. The molecule has 152 valence electrons. The first kappa shape index (κ1) is 17.7. The Morgan fingerprint density at radius 3 is 2.24 bits per heavy atom. The van der Waals surface area contributed by atoms with Crippen LogP contribution in [0.5, 0.6) is 0 Å². The molecule has 0 N–H and O–H groups in total. The topological polar surface area (TPSA) is 36.4 Å². The molecule has 2 aromatic rings. The summed E-state index contributed by atoms with van der Waals surface area (Å²) in [6, 6.07) is 12.5. The maximum Gasteiger partial charge on any atom is 0.223 e. The van der Waals surface area contributed by atoms with Crippen molar-refractivity contribution in [1.82, 2.24) is 9.88 Å². The van der Waals surface area contributed by atoms with Gasteiger partial charge in [0.2, 0.25) is 5.91 Å². The van der Waals surface area contributed by atoms with Crippen molar-refractivity contribution in [3.8, 4) is 0 Å². The van der Waals surface area contributed by atoms with Gasteiger partial charge in [0.1, 0.15) is 5.82 Å². The number of hydrogen-bond donors (Lipinski definition) is 0. The fourth-order valence-electron chi connectivity index (χ4n) is 7.36. The Hall–Kier alpha value is -2.10. The third-order valence-electron chi connectivity index (χ3n) is 8.23. The van der Waals surface area contributed by atoms with Crippen molar-refractivity contribution in [3.63, 3.8) is 0 Å². The molecule has 0 atom stereocenters. The molecule has 0 unspecified atom stereocenters. The molecule has 1 aromatic carbocycles. The maximum absolute atomic E-state index is 13.2. The molecule has 4 bridgehead atoms. The van der Waals surface area contributed by atoms with Crippen LogP contribution < -0.4 is 4.90 Å². The SMILES string of the molecule is O=C(CC12CC3CC(CC(C3)C1)C2)N1CCN(c2ccc3ccccc3n2)CC1. The molecule has 2 heterocycles. The summed E-state index contributed by atoms with van der Waals surface area (Å²) in [7, 11) is 0. The zero-order valence-corrected chi connectivity index (χ0v) is 17.2. The number of hydrogen-bond acceptors (Lipinski definition) is 3. The van der Waals surface area contributed by atoms with Crippen molar-refractivity contribution < 1.29 is 4.79 Å². The summed E-state index contributed by atoms with van der Waals surface area (Å²) in [5.74, 6) is 4.22. The fourth-order valence-corrected chi connectivity index (χ4v) is 7.36. The molecule has 5 aliphatic rings. The lowest BCUT2D eigenvalue weighted by Crippen LogP contribution is -2.52. The summed E-state index contributed by atoms with van der Waals surface area (Å²) >= 11 is 0. The van der Waals surface area contributed by atoms with Crippen molar-refractivity contribution in [2.75, 3.05) is 31.1 Å². The largest absolute Gasteiger partial charge is 0.353 e. The molecular formula is C25H31N3O. The van der Waals surface area contributed by atoms with Crippen LogP contribution in [0.15, 0.2) is 36.4 Å². The number of carbonyl (C=O) groups excluding carboxylic acids is 1. The maximum atomic E-state index is 13.2. The van der Waals surface area contributed by atoms with Gasteiger partial charge in [-0.2, -0.15) is 0 Å². The molecule has 4 saturated carbocycles. The molecule has 1 aliphatic heterocycles. The third-order valence-corrected chi connectivity index (χ3v) is 8.23. The number of carbonyl (C=O) groups is 1. The van der Waals surface area contributed by atoms with Gasteiger partial charge < -0.3 is 9.80 Å². The van der Waals surface area contributed by atoms with E-state index in [4.69, 9.17) is 4.98 Å². The highest BCUT2D eigenvalue weighted by Crippen LogP contribution is 2.61. The lowest BCUT2D eigenvalue weighted by Gasteiger charge is -2.57. The fraction of sp³-hybridized carbons (Fsp3) is 0.600. The van der Waals surface area contributed by atoms with Crippen LogP contribution in [0.4, 0.5) is 5.82 Å². The lowest BCUT2D eigenvalue weighted by atomic mass is 9.49. The van der Waals surface area contributed by atoms with Gasteiger partial charge in [-0.05, 0) is 79.9 Å². The normalized spacial score (nSPS) is 33.4. The van der Waals surface area contributed by atoms with Gasteiger partial charge in [-0.15, -0.1) is 0 Å². The zero-order chi connectivity index (χ0) is 19.4. The lowest BCUT2D eigenvalue weighted by molar-refractivity contribution is -0.139. The molecule has 1 amide bonds. The second-order valence-electron chi connectivity index (χ2n) is 10.3. The predicted octanol–water partition coefficient (Wildman–Crippen LogP) is 4.49. The Morgan fingerprint density at radius 2 is 1.55 bits per heavy atom. The van der Waals surface area contributed by atoms with Crippen LogP contribution in [0.3, 0.4) is 0 Å². The van der Waals surface area contributed by atoms with E-state index < -0.39 is 0 Å². The van der Waals surface area contributed by atoms with Crippen LogP contribution in [0.2, 0.25) is 0 Å². The number of fused-ring (bicyclic) bond motifs is 1. The molecule has 1 saturated heterocycles. The smallest absolute Gasteiger partial charge is 0.223 e. The number of nitrogens with zero attached hydrogens (tertiary/aromatic N) is 3. The van der Waals surface area contributed by atoms with Gasteiger partial charge in [0.25, 0.3) is 0 Å². The Labute approximate surface area is 173 Å². The molecule has 4 nitrogen and oxygen atoms in total. The molecule has 5 fully saturated rings. The number of rotatable bonds is 3. The van der Waals surface area contributed by atoms with Crippen molar-refractivity contribution in [3.05, 3.63) is 36.4 Å². The van der Waals surface area contributed by atoms with E-state index in [1.807, 2.05) is 6.07 Å². The molecule has 7 rings (SSSR count). The van der Waals surface area contributed by atoms with E-state index in [1.54, 1.807) is 0 Å². The summed E-state index contributed by atoms with van der Waals surface area (Å²) in [6.07, 6.45) is 9.13. The second kappa shape index (κ2) is 6.72. The number of piperazine rings is 1. The van der Waals surface area contributed by atoms with Gasteiger partial charge in [0.05, 0.1) is 5.52 Å². The van der Waals surface area contributed by atoms with E-state index in [2.05, 4.69) is 40.1 Å². The van der Waals surface area contributed by atoms with Crippen molar-refractivity contribution in [1.29, 1.82) is 0 Å². The Kier molecular flexibility index (Phi) is 4.11. The van der Waals surface area contributed by atoms with Gasteiger partial charge in [0.15, 0.2) is 0 Å². The first-order chi connectivity index (χ1) is 14.2. The second-order valence-corrected chi connectivity index (χ2v) is 10.3. The molecule has 4 aliphatic carbocycles. The summed E-state index contributed by atoms with van der Waals surface area (Å²) in [6.45, 7) is 3.44. The van der Waals surface area contributed by atoms with Gasteiger partial charge in [-0.25, -0.2) is 4.98 Å². The average Bonchev–Trinajstić information content (AvgIpc) is 2.72. The van der Waals surface area contributed by atoms with E-state index in [9.17, 15) is 4.79 Å². The van der Waals surface area contributed by atoms with Crippen LogP contribution in [0.1, 0.15) is 44.9 Å². The van der Waals surface area contributed by atoms with E-state index >= 15 is 0 Å². The highest BCUT2D eigenvalue weighted by atomic mass is 16.2. The molecule has 0 radical (unpaired) electrons. The number of benzene rings is 1. The number of pyridine rings is 1. The minimum atomic E-state index is 0.350. The first-order valence-electron chi connectivity index (χ1n) is 11.5. The van der Waals surface area contributed by atoms with Crippen molar-refractivity contribution >= 4 is 22.6 Å². The number of para-hydroxylation sites is 1. The molecule has 0 spiro atoms. The summed E-state index contributed by atoms with van der Waals surface area (Å²) in [5.41, 5.74) is 1.40. The van der Waals surface area contributed by atoms with E-state index in [-0.39, 0.29) is 0 Å². The van der Waals surface area contributed by atoms with Crippen LogP contribution in [-0.2, 0) is 4.79 Å². The number of amides is 1. The minimum absolute atomic E-state index is 0.350.